The lowest BCUT2D eigenvalue weighted by Gasteiger charge is -2.10. The molecule has 0 atom stereocenters. The van der Waals surface area contributed by atoms with Gasteiger partial charge in [-0.15, -0.1) is 0 Å². The normalized spacial score (nSPS) is 10.5. The quantitative estimate of drug-likeness (QED) is 0.718. The molecule has 0 saturated carbocycles. The van der Waals surface area contributed by atoms with Crippen molar-refractivity contribution in [3.8, 4) is 11.5 Å². The van der Waals surface area contributed by atoms with E-state index < -0.39 is 0 Å². The molecule has 2 nitrogen and oxygen atoms in total. The van der Waals surface area contributed by atoms with Gasteiger partial charge in [0.25, 0.3) is 0 Å². The van der Waals surface area contributed by atoms with E-state index in [1.54, 1.807) is 0 Å². The SMILES string of the molecule is Cc1cc(Oc2ccc3ccccc3c2)ccc1C(N)=S. The molecule has 0 amide bonds. The first-order valence-electron chi connectivity index (χ1n) is 6.70. The van der Waals surface area contributed by atoms with Crippen molar-refractivity contribution in [1.82, 2.24) is 0 Å². The van der Waals surface area contributed by atoms with Gasteiger partial charge >= 0.3 is 0 Å². The summed E-state index contributed by atoms with van der Waals surface area (Å²) in [6, 6.07) is 20.0. The van der Waals surface area contributed by atoms with E-state index in [-0.39, 0.29) is 0 Å². The van der Waals surface area contributed by atoms with Gasteiger partial charge in [0.15, 0.2) is 0 Å². The minimum atomic E-state index is 0.407. The second-order valence-electron chi connectivity index (χ2n) is 4.95. The van der Waals surface area contributed by atoms with Crippen LogP contribution in [0.2, 0.25) is 0 Å². The summed E-state index contributed by atoms with van der Waals surface area (Å²) in [5, 5.41) is 2.36. The van der Waals surface area contributed by atoms with Crippen LogP contribution in [0.25, 0.3) is 10.8 Å². The lowest BCUT2D eigenvalue weighted by atomic mass is 10.1. The summed E-state index contributed by atoms with van der Waals surface area (Å²) in [6.45, 7) is 1.97. The molecule has 0 aliphatic carbocycles. The van der Waals surface area contributed by atoms with Gasteiger partial charge in [0.1, 0.15) is 16.5 Å². The Hall–Kier alpha value is -2.39. The van der Waals surface area contributed by atoms with Crippen LogP contribution in [0.4, 0.5) is 0 Å². The highest BCUT2D eigenvalue weighted by Crippen LogP contribution is 2.27. The fourth-order valence-electron chi connectivity index (χ4n) is 2.34. The van der Waals surface area contributed by atoms with Gasteiger partial charge in [0.05, 0.1) is 0 Å². The minimum Gasteiger partial charge on any atom is -0.457 e. The maximum absolute atomic E-state index is 5.92. The summed E-state index contributed by atoms with van der Waals surface area (Å²) in [6.07, 6.45) is 0. The Kier molecular flexibility index (Phi) is 3.59. The summed E-state index contributed by atoms with van der Waals surface area (Å²) in [5.74, 6) is 1.60. The van der Waals surface area contributed by atoms with E-state index in [9.17, 15) is 0 Å². The Labute approximate surface area is 129 Å². The number of ether oxygens (including phenoxy) is 1. The van der Waals surface area contributed by atoms with Crippen LogP contribution < -0.4 is 10.5 Å². The third-order valence-corrected chi connectivity index (χ3v) is 3.64. The molecule has 0 bridgehead atoms. The Bertz CT molecular complexity index is 826. The van der Waals surface area contributed by atoms with Gasteiger partial charge in [-0.05, 0) is 53.6 Å². The van der Waals surface area contributed by atoms with Gasteiger partial charge in [-0.3, -0.25) is 0 Å². The topological polar surface area (TPSA) is 35.2 Å². The third kappa shape index (κ3) is 2.88. The lowest BCUT2D eigenvalue weighted by Crippen LogP contribution is -2.10. The van der Waals surface area contributed by atoms with Crippen molar-refractivity contribution in [3.05, 3.63) is 71.8 Å². The highest BCUT2D eigenvalue weighted by Gasteiger charge is 2.04. The predicted octanol–water partition coefficient (Wildman–Crippen LogP) is 4.57. The number of nitrogens with two attached hydrogens (primary N) is 1. The number of hydrogen-bond acceptors (Lipinski definition) is 2. The van der Waals surface area contributed by atoms with E-state index in [1.807, 2.05) is 49.4 Å². The van der Waals surface area contributed by atoms with Crippen molar-refractivity contribution in [2.24, 2.45) is 5.73 Å². The van der Waals surface area contributed by atoms with E-state index in [0.717, 1.165) is 28.0 Å². The zero-order valence-electron chi connectivity index (χ0n) is 11.7. The number of aryl methyl sites for hydroxylation is 1. The van der Waals surface area contributed by atoms with Gasteiger partial charge in [0.2, 0.25) is 0 Å². The van der Waals surface area contributed by atoms with Gasteiger partial charge < -0.3 is 10.5 Å². The molecule has 0 unspecified atom stereocenters. The fraction of sp³-hybridized carbons (Fsp3) is 0.0556. The van der Waals surface area contributed by atoms with E-state index >= 15 is 0 Å². The molecular formula is C18H15NOS. The second-order valence-corrected chi connectivity index (χ2v) is 5.39. The van der Waals surface area contributed by atoms with Crippen molar-refractivity contribution < 1.29 is 4.74 Å². The van der Waals surface area contributed by atoms with Gasteiger partial charge in [0, 0.05) is 5.56 Å². The number of benzene rings is 3. The first-order valence-corrected chi connectivity index (χ1v) is 7.11. The molecule has 2 N–H and O–H groups in total. The van der Waals surface area contributed by atoms with Crippen LogP contribution in [0.5, 0.6) is 11.5 Å². The zero-order chi connectivity index (χ0) is 14.8. The van der Waals surface area contributed by atoms with E-state index in [1.165, 1.54) is 5.39 Å². The molecule has 0 saturated heterocycles. The maximum Gasteiger partial charge on any atom is 0.128 e. The van der Waals surface area contributed by atoms with Crippen molar-refractivity contribution in [2.75, 3.05) is 0 Å². The first-order chi connectivity index (χ1) is 10.1. The molecule has 0 aliphatic heterocycles. The summed E-state index contributed by atoms with van der Waals surface area (Å²) in [7, 11) is 0. The van der Waals surface area contributed by atoms with Crippen LogP contribution in [-0.2, 0) is 0 Å². The van der Waals surface area contributed by atoms with E-state index in [2.05, 4.69) is 18.2 Å². The summed E-state index contributed by atoms with van der Waals surface area (Å²) < 4.78 is 5.92. The van der Waals surface area contributed by atoms with Crippen molar-refractivity contribution >= 4 is 28.0 Å². The molecule has 0 spiro atoms. The van der Waals surface area contributed by atoms with Gasteiger partial charge in [-0.1, -0.05) is 42.5 Å². The smallest absolute Gasteiger partial charge is 0.128 e. The zero-order valence-corrected chi connectivity index (χ0v) is 12.5. The largest absolute Gasteiger partial charge is 0.457 e. The summed E-state index contributed by atoms with van der Waals surface area (Å²) >= 11 is 5.01. The monoisotopic (exact) mass is 293 g/mol. The molecule has 104 valence electrons. The summed E-state index contributed by atoms with van der Waals surface area (Å²) in [4.78, 5) is 0.407. The molecule has 21 heavy (non-hydrogen) atoms. The van der Waals surface area contributed by atoms with Gasteiger partial charge in [-0.25, -0.2) is 0 Å². The fourth-order valence-corrected chi connectivity index (χ4v) is 2.57. The Balaban J connectivity index is 1.91. The Morgan fingerprint density at radius 1 is 0.905 bits per heavy atom. The molecule has 0 heterocycles. The van der Waals surface area contributed by atoms with Crippen LogP contribution in [-0.4, -0.2) is 4.99 Å². The average Bonchev–Trinajstić information content (AvgIpc) is 2.47. The van der Waals surface area contributed by atoms with Crippen molar-refractivity contribution in [1.29, 1.82) is 0 Å². The van der Waals surface area contributed by atoms with Crippen LogP contribution >= 0.6 is 12.2 Å². The second kappa shape index (κ2) is 5.54. The highest BCUT2D eigenvalue weighted by atomic mass is 32.1. The van der Waals surface area contributed by atoms with Gasteiger partial charge in [-0.2, -0.15) is 0 Å². The molecule has 3 aromatic rings. The van der Waals surface area contributed by atoms with Crippen molar-refractivity contribution in [2.45, 2.75) is 6.92 Å². The molecule has 3 heteroatoms. The molecule has 3 rings (SSSR count). The first kappa shape index (κ1) is 13.6. The standard InChI is InChI=1S/C18H15NOS/c1-12-10-15(8-9-17(12)18(19)21)20-16-7-6-13-4-2-3-5-14(13)11-16/h2-11H,1H3,(H2,19,21). The number of thiocarbonyl (C=S) groups is 1. The van der Waals surface area contributed by atoms with E-state index in [0.29, 0.717) is 4.99 Å². The molecule has 0 aliphatic rings. The molecule has 0 radical (unpaired) electrons. The summed E-state index contributed by atoms with van der Waals surface area (Å²) in [5.41, 5.74) is 7.57. The van der Waals surface area contributed by atoms with Crippen LogP contribution in [0.15, 0.2) is 60.7 Å². The highest BCUT2D eigenvalue weighted by molar-refractivity contribution is 7.80. The predicted molar refractivity (Wildman–Crippen MR) is 91.1 cm³/mol. The average molecular weight is 293 g/mol. The van der Waals surface area contributed by atoms with Crippen LogP contribution in [0.1, 0.15) is 11.1 Å². The Morgan fingerprint density at radius 2 is 1.57 bits per heavy atom. The number of hydrogen-bond donors (Lipinski definition) is 1. The molecule has 0 aromatic heterocycles. The molecular weight excluding hydrogens is 278 g/mol. The van der Waals surface area contributed by atoms with Crippen LogP contribution in [0, 0.1) is 6.92 Å². The Morgan fingerprint density at radius 3 is 2.29 bits per heavy atom. The third-order valence-electron chi connectivity index (χ3n) is 3.42. The van der Waals surface area contributed by atoms with E-state index in [4.69, 9.17) is 22.7 Å². The van der Waals surface area contributed by atoms with Crippen molar-refractivity contribution in [3.63, 3.8) is 0 Å². The molecule has 3 aromatic carbocycles. The maximum atomic E-state index is 5.92. The number of rotatable bonds is 3. The van der Waals surface area contributed by atoms with Crippen LogP contribution in [0.3, 0.4) is 0 Å². The number of fused-ring (bicyclic) bond motifs is 1. The molecule has 0 fully saturated rings. The minimum absolute atomic E-state index is 0.407. The lowest BCUT2D eigenvalue weighted by molar-refractivity contribution is 0.483.